The van der Waals surface area contributed by atoms with Gasteiger partial charge in [0.2, 0.25) is 5.91 Å². The lowest BCUT2D eigenvalue weighted by atomic mass is 10.1. The second kappa shape index (κ2) is 5.48. The van der Waals surface area contributed by atoms with Gasteiger partial charge in [0.15, 0.2) is 9.84 Å². The largest absolute Gasteiger partial charge is 0.469 e. The number of sulfone groups is 1. The molecule has 1 aliphatic carbocycles. The average Bonchev–Trinajstić information content (AvgIpc) is 3.05. The summed E-state index contributed by atoms with van der Waals surface area (Å²) < 4.78 is 29.0. The van der Waals surface area contributed by atoms with Crippen molar-refractivity contribution in [2.75, 3.05) is 27.0 Å². The normalized spacial score (nSPS) is 18.5. The third-order valence-corrected chi connectivity index (χ3v) is 5.83. The monoisotopic (exact) mass is 291 g/mol. The summed E-state index contributed by atoms with van der Waals surface area (Å²) in [5, 5.41) is -1.07. The van der Waals surface area contributed by atoms with E-state index in [1.807, 2.05) is 0 Å². The Morgan fingerprint density at radius 3 is 2.21 bits per heavy atom. The van der Waals surface area contributed by atoms with Gasteiger partial charge in [0.05, 0.1) is 19.3 Å². The highest BCUT2D eigenvalue weighted by molar-refractivity contribution is 7.92. The molecule has 1 unspecified atom stereocenters. The molecule has 0 bridgehead atoms. The summed E-state index contributed by atoms with van der Waals surface area (Å²) in [6.07, 6.45) is 1.47. The van der Waals surface area contributed by atoms with E-state index < -0.39 is 32.4 Å². The first-order chi connectivity index (χ1) is 8.63. The number of rotatable bonds is 6. The Balaban J connectivity index is 2.75. The third-order valence-electron chi connectivity index (χ3n) is 3.54. The van der Waals surface area contributed by atoms with Crippen LogP contribution in [0, 0.1) is 5.41 Å². The van der Waals surface area contributed by atoms with E-state index in [0.29, 0.717) is 12.8 Å². The van der Waals surface area contributed by atoms with Gasteiger partial charge in [-0.25, -0.2) is 8.42 Å². The van der Waals surface area contributed by atoms with Crippen LogP contribution in [0.5, 0.6) is 0 Å². The fraction of sp³-hybridized carbons (Fsp3) is 0.833. The zero-order valence-corrected chi connectivity index (χ0v) is 12.6. The molecule has 0 aromatic rings. The molecule has 1 fully saturated rings. The predicted octanol–water partition coefficient (Wildman–Crippen LogP) is 0.221. The maximum Gasteiger partial charge on any atom is 0.306 e. The van der Waals surface area contributed by atoms with Gasteiger partial charge >= 0.3 is 5.97 Å². The minimum Gasteiger partial charge on any atom is -0.469 e. The molecule has 1 saturated carbocycles. The summed E-state index contributed by atoms with van der Waals surface area (Å²) in [6.45, 7) is 1.39. The number of ether oxygens (including phenoxy) is 1. The van der Waals surface area contributed by atoms with Crippen LogP contribution >= 0.6 is 0 Å². The molecule has 1 amide bonds. The van der Waals surface area contributed by atoms with Gasteiger partial charge in [-0.15, -0.1) is 0 Å². The Labute approximate surface area is 114 Å². The van der Waals surface area contributed by atoms with Crippen molar-refractivity contribution in [2.24, 2.45) is 5.41 Å². The molecule has 0 N–H and O–H groups in total. The number of amides is 1. The van der Waals surface area contributed by atoms with Gasteiger partial charge in [-0.3, -0.25) is 9.59 Å². The summed E-state index contributed by atoms with van der Waals surface area (Å²) in [7, 11) is 0.777. The standard InChI is InChI=1S/C12H21NO5S/c1-9(11(15)13(2)3)19(16,17)8-12(5-6-12)7-10(14)18-4/h9H,5-8H2,1-4H3. The van der Waals surface area contributed by atoms with Crippen LogP contribution in [0.4, 0.5) is 0 Å². The molecule has 0 heterocycles. The minimum absolute atomic E-state index is 0.103. The third kappa shape index (κ3) is 3.92. The van der Waals surface area contributed by atoms with Crippen molar-refractivity contribution in [3.63, 3.8) is 0 Å². The summed E-state index contributed by atoms with van der Waals surface area (Å²) in [5.41, 5.74) is -0.521. The number of esters is 1. The molecule has 1 rings (SSSR count). The van der Waals surface area contributed by atoms with E-state index in [4.69, 9.17) is 0 Å². The zero-order chi connectivity index (χ0) is 14.8. The van der Waals surface area contributed by atoms with Crippen molar-refractivity contribution in [1.29, 1.82) is 0 Å². The first-order valence-electron chi connectivity index (χ1n) is 6.13. The number of hydrogen-bond acceptors (Lipinski definition) is 5. The second-order valence-electron chi connectivity index (χ2n) is 5.44. The van der Waals surface area contributed by atoms with Crippen LogP contribution in [0.1, 0.15) is 26.2 Å². The fourth-order valence-corrected chi connectivity index (χ4v) is 4.01. The summed E-state index contributed by atoms with van der Waals surface area (Å²) >= 11 is 0. The number of hydrogen-bond donors (Lipinski definition) is 0. The molecule has 0 aromatic heterocycles. The summed E-state index contributed by atoms with van der Waals surface area (Å²) in [4.78, 5) is 24.3. The van der Waals surface area contributed by atoms with Gasteiger partial charge in [-0.05, 0) is 25.2 Å². The van der Waals surface area contributed by atoms with E-state index in [1.54, 1.807) is 0 Å². The number of nitrogens with zero attached hydrogens (tertiary/aromatic N) is 1. The second-order valence-corrected chi connectivity index (χ2v) is 7.76. The van der Waals surface area contributed by atoms with Crippen molar-refractivity contribution in [2.45, 2.75) is 31.4 Å². The van der Waals surface area contributed by atoms with E-state index in [-0.39, 0.29) is 12.2 Å². The maximum atomic E-state index is 12.2. The Kier molecular flexibility index (Phi) is 4.60. The van der Waals surface area contributed by atoms with Gasteiger partial charge in [-0.1, -0.05) is 0 Å². The molecule has 1 aliphatic rings. The van der Waals surface area contributed by atoms with Crippen LogP contribution in [0.2, 0.25) is 0 Å². The van der Waals surface area contributed by atoms with Crippen LogP contribution in [-0.4, -0.2) is 57.4 Å². The molecule has 0 saturated heterocycles. The molecule has 110 valence electrons. The Morgan fingerprint density at radius 1 is 1.32 bits per heavy atom. The number of carbonyl (C=O) groups excluding carboxylic acids is 2. The van der Waals surface area contributed by atoms with Crippen molar-refractivity contribution in [1.82, 2.24) is 4.90 Å². The van der Waals surface area contributed by atoms with E-state index >= 15 is 0 Å². The minimum atomic E-state index is -3.55. The lowest BCUT2D eigenvalue weighted by Gasteiger charge is -2.20. The Bertz CT molecular complexity index is 465. The topological polar surface area (TPSA) is 80.8 Å². The fourth-order valence-electron chi connectivity index (χ4n) is 2.00. The van der Waals surface area contributed by atoms with Crippen molar-refractivity contribution in [3.05, 3.63) is 0 Å². The quantitative estimate of drug-likeness (QED) is 0.654. The first kappa shape index (κ1) is 15.9. The van der Waals surface area contributed by atoms with Gasteiger partial charge in [0.1, 0.15) is 5.25 Å². The van der Waals surface area contributed by atoms with Gasteiger partial charge in [-0.2, -0.15) is 0 Å². The van der Waals surface area contributed by atoms with Crippen LogP contribution in [0.25, 0.3) is 0 Å². The smallest absolute Gasteiger partial charge is 0.306 e. The molecule has 0 radical (unpaired) electrons. The van der Waals surface area contributed by atoms with E-state index in [0.717, 1.165) is 0 Å². The highest BCUT2D eigenvalue weighted by Gasteiger charge is 2.49. The predicted molar refractivity (Wildman–Crippen MR) is 70.2 cm³/mol. The molecule has 0 spiro atoms. The van der Waals surface area contributed by atoms with Crippen LogP contribution in [-0.2, 0) is 24.2 Å². The molecular formula is C12H21NO5S. The highest BCUT2D eigenvalue weighted by atomic mass is 32.2. The zero-order valence-electron chi connectivity index (χ0n) is 11.8. The van der Waals surface area contributed by atoms with Gasteiger partial charge in [0.25, 0.3) is 0 Å². The molecule has 19 heavy (non-hydrogen) atoms. The molecule has 6 nitrogen and oxygen atoms in total. The van der Waals surface area contributed by atoms with Crippen molar-refractivity contribution < 1.29 is 22.7 Å². The summed E-state index contributed by atoms with van der Waals surface area (Å²) in [5.74, 6) is -0.969. The SMILES string of the molecule is COC(=O)CC1(CS(=O)(=O)C(C)C(=O)N(C)C)CC1. The van der Waals surface area contributed by atoms with Crippen molar-refractivity contribution >= 4 is 21.7 Å². The highest BCUT2D eigenvalue weighted by Crippen LogP contribution is 2.50. The molecule has 0 aliphatic heterocycles. The van der Waals surface area contributed by atoms with Crippen LogP contribution in [0.3, 0.4) is 0 Å². The Hall–Kier alpha value is -1.11. The van der Waals surface area contributed by atoms with Gasteiger partial charge < -0.3 is 9.64 Å². The van der Waals surface area contributed by atoms with Crippen LogP contribution in [0.15, 0.2) is 0 Å². The van der Waals surface area contributed by atoms with Crippen LogP contribution < -0.4 is 0 Å². The van der Waals surface area contributed by atoms with Crippen molar-refractivity contribution in [3.8, 4) is 0 Å². The lowest BCUT2D eigenvalue weighted by molar-refractivity contribution is -0.141. The average molecular weight is 291 g/mol. The van der Waals surface area contributed by atoms with E-state index in [1.165, 1.54) is 33.0 Å². The van der Waals surface area contributed by atoms with E-state index in [9.17, 15) is 18.0 Å². The summed E-state index contributed by atoms with van der Waals surface area (Å²) in [6, 6.07) is 0. The van der Waals surface area contributed by atoms with Gasteiger partial charge in [0, 0.05) is 14.1 Å². The molecule has 0 aromatic carbocycles. The number of carbonyl (C=O) groups is 2. The molecular weight excluding hydrogens is 270 g/mol. The van der Waals surface area contributed by atoms with E-state index in [2.05, 4.69) is 4.74 Å². The Morgan fingerprint density at radius 2 is 1.84 bits per heavy atom. The molecule has 1 atom stereocenters. The maximum absolute atomic E-state index is 12.2. The molecule has 7 heteroatoms. The lowest BCUT2D eigenvalue weighted by Crippen LogP contribution is -2.39. The first-order valence-corrected chi connectivity index (χ1v) is 7.85. The number of methoxy groups -OCH3 is 1.